The smallest absolute Gasteiger partial charge is 0.244 e. The van der Waals surface area contributed by atoms with Gasteiger partial charge in [-0.1, -0.05) is 31.2 Å². The Balaban J connectivity index is 2.40. The molecule has 2 aromatic carbocycles. The first-order chi connectivity index (χ1) is 15.4. The van der Waals surface area contributed by atoms with Gasteiger partial charge in [-0.25, -0.2) is 17.2 Å². The number of nitrogens with one attached hydrogen (secondary N) is 1. The maximum absolute atomic E-state index is 14.3. The average molecular weight is 482 g/mol. The van der Waals surface area contributed by atoms with Crippen LogP contribution in [0.25, 0.3) is 0 Å². The minimum Gasteiger partial charge on any atom is -0.352 e. The second-order valence-corrected chi connectivity index (χ2v) is 9.76. The molecule has 0 aliphatic carbocycles. The summed E-state index contributed by atoms with van der Waals surface area (Å²) in [5.74, 6) is -2.42. The Morgan fingerprint density at radius 3 is 2.30 bits per heavy atom. The van der Waals surface area contributed by atoms with Crippen molar-refractivity contribution < 1.29 is 26.8 Å². The van der Waals surface area contributed by atoms with Gasteiger partial charge in [0, 0.05) is 18.2 Å². The van der Waals surface area contributed by atoms with E-state index in [0.717, 1.165) is 27.6 Å². The zero-order valence-corrected chi connectivity index (χ0v) is 19.9. The van der Waals surface area contributed by atoms with Gasteiger partial charge in [-0.15, -0.1) is 0 Å². The Kier molecular flexibility index (Phi) is 8.92. The van der Waals surface area contributed by atoms with Gasteiger partial charge in [0.05, 0.1) is 11.9 Å². The van der Waals surface area contributed by atoms with Crippen LogP contribution in [0.2, 0.25) is 0 Å². The van der Waals surface area contributed by atoms with Crippen LogP contribution < -0.4 is 9.62 Å². The number of hydrogen-bond donors (Lipinski definition) is 1. The molecule has 2 atom stereocenters. The van der Waals surface area contributed by atoms with Gasteiger partial charge in [0.2, 0.25) is 21.8 Å². The molecule has 0 bridgehead atoms. The molecule has 0 unspecified atom stereocenters. The largest absolute Gasteiger partial charge is 0.352 e. The fraction of sp³-hybridized carbons (Fsp3) is 0.391. The molecule has 2 aromatic rings. The predicted octanol–water partition coefficient (Wildman–Crippen LogP) is 3.06. The Morgan fingerprint density at radius 2 is 1.73 bits per heavy atom. The standard InChI is InChI=1S/C23H29F2N3O4S/c1-5-16(2)26-23(30)17(3)27(14-18-9-6-7-12-21(18)25)22(29)15-28(33(4,31)32)20-11-8-10-19(24)13-20/h6-13,16-17H,5,14-15H2,1-4H3,(H,26,30)/t16-,17+/m1/s1. The van der Waals surface area contributed by atoms with Crippen molar-refractivity contribution in [1.29, 1.82) is 0 Å². The van der Waals surface area contributed by atoms with Crippen molar-refractivity contribution in [2.45, 2.75) is 45.8 Å². The minimum absolute atomic E-state index is 0.0339. The van der Waals surface area contributed by atoms with Gasteiger partial charge in [-0.2, -0.15) is 0 Å². The highest BCUT2D eigenvalue weighted by atomic mass is 32.2. The predicted molar refractivity (Wildman–Crippen MR) is 123 cm³/mol. The molecule has 7 nitrogen and oxygen atoms in total. The van der Waals surface area contributed by atoms with Crippen molar-refractivity contribution in [3.8, 4) is 0 Å². The molecule has 2 amide bonds. The summed E-state index contributed by atoms with van der Waals surface area (Å²) >= 11 is 0. The second-order valence-electron chi connectivity index (χ2n) is 7.86. The highest BCUT2D eigenvalue weighted by Gasteiger charge is 2.31. The van der Waals surface area contributed by atoms with Crippen LogP contribution >= 0.6 is 0 Å². The van der Waals surface area contributed by atoms with E-state index in [0.29, 0.717) is 6.42 Å². The molecule has 0 spiro atoms. The Hall–Kier alpha value is -3.01. The summed E-state index contributed by atoms with van der Waals surface area (Å²) in [7, 11) is -3.97. The topological polar surface area (TPSA) is 86.8 Å². The maximum atomic E-state index is 14.3. The van der Waals surface area contributed by atoms with Crippen LogP contribution in [-0.2, 0) is 26.2 Å². The zero-order valence-electron chi connectivity index (χ0n) is 19.1. The van der Waals surface area contributed by atoms with Crippen molar-refractivity contribution in [1.82, 2.24) is 10.2 Å². The van der Waals surface area contributed by atoms with E-state index in [2.05, 4.69) is 5.32 Å². The molecule has 0 fully saturated rings. The Bertz CT molecular complexity index is 1090. The Morgan fingerprint density at radius 1 is 1.06 bits per heavy atom. The quantitative estimate of drug-likeness (QED) is 0.565. The zero-order chi connectivity index (χ0) is 24.8. The van der Waals surface area contributed by atoms with Gasteiger partial charge >= 0.3 is 0 Å². The van der Waals surface area contributed by atoms with E-state index in [4.69, 9.17) is 0 Å². The van der Waals surface area contributed by atoms with E-state index in [-0.39, 0.29) is 23.8 Å². The maximum Gasteiger partial charge on any atom is 0.244 e. The fourth-order valence-corrected chi connectivity index (χ4v) is 3.94. The number of amides is 2. The van der Waals surface area contributed by atoms with Crippen molar-refractivity contribution in [2.24, 2.45) is 0 Å². The molecule has 0 saturated heterocycles. The minimum atomic E-state index is -3.97. The summed E-state index contributed by atoms with van der Waals surface area (Å²) in [4.78, 5) is 27.2. The summed E-state index contributed by atoms with van der Waals surface area (Å²) in [5, 5.41) is 2.78. The van der Waals surface area contributed by atoms with Gasteiger partial charge in [0.15, 0.2) is 0 Å². The first-order valence-electron chi connectivity index (χ1n) is 10.5. The molecule has 0 heterocycles. The van der Waals surface area contributed by atoms with Gasteiger partial charge in [0.25, 0.3) is 0 Å². The van der Waals surface area contributed by atoms with E-state index in [1.807, 2.05) is 13.8 Å². The van der Waals surface area contributed by atoms with Crippen LogP contribution in [0.1, 0.15) is 32.8 Å². The molecule has 180 valence electrons. The highest BCUT2D eigenvalue weighted by Crippen LogP contribution is 2.20. The summed E-state index contributed by atoms with van der Waals surface area (Å²) in [6, 6.07) is 9.48. The first-order valence-corrected chi connectivity index (χ1v) is 12.3. The lowest BCUT2D eigenvalue weighted by Gasteiger charge is -2.32. The van der Waals surface area contributed by atoms with Gasteiger partial charge < -0.3 is 10.2 Å². The van der Waals surface area contributed by atoms with Crippen LogP contribution in [0.5, 0.6) is 0 Å². The molecule has 0 radical (unpaired) electrons. The third-order valence-corrected chi connectivity index (χ3v) is 6.38. The summed E-state index contributed by atoms with van der Waals surface area (Å²) in [6.07, 6.45) is 1.56. The average Bonchev–Trinajstić information content (AvgIpc) is 2.75. The fourth-order valence-electron chi connectivity index (χ4n) is 3.10. The lowest BCUT2D eigenvalue weighted by Crippen LogP contribution is -2.52. The lowest BCUT2D eigenvalue weighted by molar-refractivity contribution is -0.139. The molecular weight excluding hydrogens is 452 g/mol. The number of benzene rings is 2. The Labute approximate surface area is 193 Å². The number of carbonyl (C=O) groups is 2. The molecule has 0 aliphatic heterocycles. The number of anilines is 1. The molecular formula is C23H29F2N3O4S. The molecule has 0 aliphatic rings. The number of rotatable bonds is 10. The summed E-state index contributed by atoms with van der Waals surface area (Å²) < 4.78 is 53.6. The third-order valence-electron chi connectivity index (χ3n) is 5.24. The van der Waals surface area contributed by atoms with Crippen LogP contribution in [0.15, 0.2) is 48.5 Å². The third kappa shape index (κ3) is 7.24. The summed E-state index contributed by atoms with van der Waals surface area (Å²) in [5.41, 5.74) is 0.138. The number of hydrogen-bond acceptors (Lipinski definition) is 4. The van der Waals surface area contributed by atoms with Crippen LogP contribution in [0, 0.1) is 11.6 Å². The van der Waals surface area contributed by atoms with Crippen molar-refractivity contribution >= 4 is 27.5 Å². The molecule has 2 rings (SSSR count). The normalized spacial score (nSPS) is 13.2. The number of carbonyl (C=O) groups excluding carboxylic acids is 2. The molecule has 0 aromatic heterocycles. The lowest BCUT2D eigenvalue weighted by atomic mass is 10.1. The number of halogens is 2. The molecule has 0 saturated carbocycles. The van der Waals surface area contributed by atoms with Crippen molar-refractivity contribution in [2.75, 3.05) is 17.1 Å². The first kappa shape index (κ1) is 26.2. The van der Waals surface area contributed by atoms with E-state index >= 15 is 0 Å². The molecule has 10 heteroatoms. The molecule has 1 N–H and O–H groups in total. The van der Waals surface area contributed by atoms with Crippen LogP contribution in [0.3, 0.4) is 0 Å². The highest BCUT2D eigenvalue weighted by molar-refractivity contribution is 7.92. The number of nitrogens with zero attached hydrogens (tertiary/aromatic N) is 2. The van der Waals surface area contributed by atoms with Crippen molar-refractivity contribution in [3.05, 3.63) is 65.7 Å². The molecule has 33 heavy (non-hydrogen) atoms. The summed E-state index contributed by atoms with van der Waals surface area (Å²) in [6.45, 7) is 4.26. The van der Waals surface area contributed by atoms with Gasteiger partial charge in [-0.3, -0.25) is 13.9 Å². The van der Waals surface area contributed by atoms with Gasteiger partial charge in [0.1, 0.15) is 24.2 Å². The second kappa shape index (κ2) is 11.2. The van der Waals surface area contributed by atoms with E-state index in [9.17, 15) is 26.8 Å². The van der Waals surface area contributed by atoms with Crippen LogP contribution in [-0.4, -0.2) is 50.0 Å². The van der Waals surface area contributed by atoms with Gasteiger partial charge in [-0.05, 0) is 44.5 Å². The monoisotopic (exact) mass is 481 g/mol. The SMILES string of the molecule is CC[C@@H](C)NC(=O)[C@H](C)N(Cc1ccccc1F)C(=O)CN(c1cccc(F)c1)S(C)(=O)=O. The number of sulfonamides is 1. The van der Waals surface area contributed by atoms with Crippen molar-refractivity contribution in [3.63, 3.8) is 0 Å². The van der Waals surface area contributed by atoms with E-state index < -0.39 is 46.1 Å². The van der Waals surface area contributed by atoms with E-state index in [1.165, 1.54) is 37.3 Å². The van der Waals surface area contributed by atoms with E-state index in [1.54, 1.807) is 6.07 Å². The van der Waals surface area contributed by atoms with Crippen LogP contribution in [0.4, 0.5) is 14.5 Å².